The van der Waals surface area contributed by atoms with Gasteiger partial charge in [0.2, 0.25) is 6.79 Å². The van der Waals surface area contributed by atoms with Crippen LogP contribution in [0.1, 0.15) is 27.0 Å². The number of nitrogens with one attached hydrogen (secondary N) is 1. The third-order valence-electron chi connectivity index (χ3n) is 5.33. The second-order valence-electron chi connectivity index (χ2n) is 6.83. The maximum absolute atomic E-state index is 13.0. The standard InChI is InChI=1S/C21H14F3NO3/c1-10-13-6-7-15-19(28-9-27-15)18(13)17(14-8-25-20(26)16(10)14)11-2-4-12(5-3-11)21(22,23)24/h2-7H,8-9H2,1H3,(H,25,26). The average molecular weight is 385 g/mol. The Hall–Kier alpha value is -3.22. The first-order valence-corrected chi connectivity index (χ1v) is 8.70. The van der Waals surface area contributed by atoms with E-state index in [1.165, 1.54) is 12.1 Å². The van der Waals surface area contributed by atoms with Crippen molar-refractivity contribution in [2.24, 2.45) is 0 Å². The van der Waals surface area contributed by atoms with E-state index in [2.05, 4.69) is 5.32 Å². The molecule has 5 rings (SSSR count). The lowest BCUT2D eigenvalue weighted by atomic mass is 9.86. The number of carbonyl (C=O) groups excluding carboxylic acids is 1. The molecule has 3 aromatic rings. The maximum Gasteiger partial charge on any atom is 0.416 e. The fraction of sp³-hybridized carbons (Fsp3) is 0.190. The van der Waals surface area contributed by atoms with E-state index in [-0.39, 0.29) is 12.7 Å². The molecule has 4 nitrogen and oxygen atoms in total. The summed E-state index contributed by atoms with van der Waals surface area (Å²) in [5, 5.41) is 4.39. The van der Waals surface area contributed by atoms with Crippen molar-refractivity contribution in [1.29, 1.82) is 0 Å². The van der Waals surface area contributed by atoms with Gasteiger partial charge in [-0.15, -0.1) is 0 Å². The van der Waals surface area contributed by atoms with Crippen LogP contribution >= 0.6 is 0 Å². The van der Waals surface area contributed by atoms with E-state index in [0.717, 1.165) is 34.0 Å². The minimum absolute atomic E-state index is 0.0776. The molecule has 2 aliphatic heterocycles. The average Bonchev–Trinajstić information content (AvgIpc) is 3.28. The molecule has 3 aromatic carbocycles. The largest absolute Gasteiger partial charge is 0.454 e. The minimum Gasteiger partial charge on any atom is -0.454 e. The van der Waals surface area contributed by atoms with Crippen molar-refractivity contribution in [3.05, 3.63) is 58.7 Å². The molecule has 0 aliphatic carbocycles. The summed E-state index contributed by atoms with van der Waals surface area (Å²) in [6.45, 7) is 2.25. The monoisotopic (exact) mass is 385 g/mol. The normalized spacial score (nSPS) is 15.1. The van der Waals surface area contributed by atoms with Crippen LogP contribution in [0.3, 0.4) is 0 Å². The smallest absolute Gasteiger partial charge is 0.416 e. The Morgan fingerprint density at radius 3 is 2.46 bits per heavy atom. The number of amides is 1. The van der Waals surface area contributed by atoms with E-state index < -0.39 is 11.7 Å². The van der Waals surface area contributed by atoms with E-state index in [9.17, 15) is 18.0 Å². The second-order valence-corrected chi connectivity index (χ2v) is 6.83. The Labute approximate surface area is 157 Å². The Morgan fingerprint density at radius 2 is 1.75 bits per heavy atom. The lowest BCUT2D eigenvalue weighted by Crippen LogP contribution is -2.13. The summed E-state index contributed by atoms with van der Waals surface area (Å²) in [6, 6.07) is 8.62. The zero-order valence-electron chi connectivity index (χ0n) is 14.7. The van der Waals surface area contributed by atoms with Crippen LogP contribution in [0.2, 0.25) is 0 Å². The molecule has 1 N–H and O–H groups in total. The number of aryl methyl sites for hydroxylation is 1. The van der Waals surface area contributed by atoms with Crippen LogP contribution in [0.5, 0.6) is 11.5 Å². The van der Waals surface area contributed by atoms with Crippen LogP contribution in [0.4, 0.5) is 13.2 Å². The highest BCUT2D eigenvalue weighted by molar-refractivity contribution is 6.13. The van der Waals surface area contributed by atoms with Crippen molar-refractivity contribution in [3.63, 3.8) is 0 Å². The SMILES string of the molecule is Cc1c2c(c(-c3ccc(C(F)(F)F)cc3)c3c4c(ccc13)OCO4)CNC2=O. The van der Waals surface area contributed by atoms with Crippen LogP contribution in [-0.2, 0) is 12.7 Å². The van der Waals surface area contributed by atoms with E-state index in [1.807, 2.05) is 13.0 Å². The van der Waals surface area contributed by atoms with Gasteiger partial charge >= 0.3 is 6.18 Å². The highest BCUT2D eigenvalue weighted by Gasteiger charge is 2.33. The number of hydrogen-bond acceptors (Lipinski definition) is 3. The highest BCUT2D eigenvalue weighted by atomic mass is 19.4. The van der Waals surface area contributed by atoms with E-state index >= 15 is 0 Å². The lowest BCUT2D eigenvalue weighted by molar-refractivity contribution is -0.137. The van der Waals surface area contributed by atoms with Gasteiger partial charge in [0.05, 0.1) is 5.56 Å². The first kappa shape index (κ1) is 16.9. The Morgan fingerprint density at radius 1 is 1.00 bits per heavy atom. The summed E-state index contributed by atoms with van der Waals surface area (Å²) in [5.41, 5.74) is 2.72. The van der Waals surface area contributed by atoms with Gasteiger partial charge in [0.25, 0.3) is 5.91 Å². The van der Waals surface area contributed by atoms with Crippen molar-refractivity contribution in [3.8, 4) is 22.6 Å². The van der Waals surface area contributed by atoms with Crippen LogP contribution < -0.4 is 14.8 Å². The van der Waals surface area contributed by atoms with Gasteiger partial charge in [0.15, 0.2) is 11.5 Å². The molecule has 0 bridgehead atoms. The predicted molar refractivity (Wildman–Crippen MR) is 96.4 cm³/mol. The van der Waals surface area contributed by atoms with Gasteiger partial charge in [-0.1, -0.05) is 18.2 Å². The molecule has 2 heterocycles. The Bertz CT molecular complexity index is 1150. The minimum atomic E-state index is -4.41. The number of hydrogen-bond donors (Lipinski definition) is 1. The number of rotatable bonds is 1. The second kappa shape index (κ2) is 5.64. The first-order chi connectivity index (χ1) is 13.4. The Kier molecular flexibility index (Phi) is 3.41. The number of halogens is 3. The molecule has 0 aromatic heterocycles. The molecule has 0 saturated carbocycles. The van der Waals surface area contributed by atoms with Gasteiger partial charge in [-0.05, 0) is 52.8 Å². The van der Waals surface area contributed by atoms with E-state index in [0.29, 0.717) is 34.7 Å². The van der Waals surface area contributed by atoms with Gasteiger partial charge in [-0.3, -0.25) is 4.79 Å². The quantitative estimate of drug-likeness (QED) is 0.654. The van der Waals surface area contributed by atoms with Gasteiger partial charge in [-0.2, -0.15) is 13.2 Å². The molecule has 0 radical (unpaired) electrons. The highest BCUT2D eigenvalue weighted by Crippen LogP contribution is 2.48. The molecule has 28 heavy (non-hydrogen) atoms. The number of ether oxygens (including phenoxy) is 2. The molecule has 7 heteroatoms. The third-order valence-corrected chi connectivity index (χ3v) is 5.33. The number of carbonyl (C=O) groups is 1. The summed E-state index contributed by atoms with van der Waals surface area (Å²) in [7, 11) is 0. The zero-order chi connectivity index (χ0) is 19.6. The van der Waals surface area contributed by atoms with Gasteiger partial charge in [-0.25, -0.2) is 0 Å². The lowest BCUT2D eigenvalue weighted by Gasteiger charge is -2.17. The predicted octanol–water partition coefficient (Wildman–Crippen LogP) is 4.81. The number of alkyl halides is 3. The van der Waals surface area contributed by atoms with Crippen LogP contribution in [-0.4, -0.2) is 12.7 Å². The fourth-order valence-electron chi connectivity index (χ4n) is 4.06. The Balaban J connectivity index is 1.86. The van der Waals surface area contributed by atoms with Crippen LogP contribution in [0.25, 0.3) is 21.9 Å². The number of fused-ring (bicyclic) bond motifs is 4. The van der Waals surface area contributed by atoms with Gasteiger partial charge in [0.1, 0.15) is 0 Å². The molecule has 0 spiro atoms. The van der Waals surface area contributed by atoms with Crippen molar-refractivity contribution in [1.82, 2.24) is 5.32 Å². The summed E-state index contributed by atoms with van der Waals surface area (Å²) >= 11 is 0. The topological polar surface area (TPSA) is 47.6 Å². The van der Waals surface area contributed by atoms with E-state index in [1.54, 1.807) is 6.07 Å². The molecule has 1 amide bonds. The molecular formula is C21H14F3NO3. The third kappa shape index (κ3) is 2.28. The molecule has 142 valence electrons. The van der Waals surface area contributed by atoms with Crippen molar-refractivity contribution >= 4 is 16.7 Å². The van der Waals surface area contributed by atoms with Gasteiger partial charge < -0.3 is 14.8 Å². The number of benzene rings is 3. The molecule has 2 aliphatic rings. The molecular weight excluding hydrogens is 371 g/mol. The summed E-state index contributed by atoms with van der Waals surface area (Å²) in [4.78, 5) is 12.4. The van der Waals surface area contributed by atoms with Crippen molar-refractivity contribution in [2.45, 2.75) is 19.6 Å². The summed E-state index contributed by atoms with van der Waals surface area (Å²) in [5.74, 6) is 0.954. The summed E-state index contributed by atoms with van der Waals surface area (Å²) in [6.07, 6.45) is -4.41. The fourth-order valence-corrected chi connectivity index (χ4v) is 4.06. The van der Waals surface area contributed by atoms with Crippen molar-refractivity contribution < 1.29 is 27.4 Å². The molecule has 0 atom stereocenters. The van der Waals surface area contributed by atoms with Crippen molar-refractivity contribution in [2.75, 3.05) is 6.79 Å². The van der Waals surface area contributed by atoms with E-state index in [4.69, 9.17) is 9.47 Å². The zero-order valence-corrected chi connectivity index (χ0v) is 14.7. The summed E-state index contributed by atoms with van der Waals surface area (Å²) < 4.78 is 50.1. The first-order valence-electron chi connectivity index (χ1n) is 8.70. The van der Waals surface area contributed by atoms with Crippen LogP contribution in [0.15, 0.2) is 36.4 Å². The molecule has 0 unspecified atom stereocenters. The molecule has 0 saturated heterocycles. The van der Waals surface area contributed by atoms with Gasteiger partial charge in [0, 0.05) is 17.5 Å². The molecule has 0 fully saturated rings. The maximum atomic E-state index is 13.0. The van der Waals surface area contributed by atoms with Crippen LogP contribution in [0, 0.1) is 6.92 Å².